The van der Waals surface area contributed by atoms with E-state index in [-0.39, 0.29) is 0 Å². The van der Waals surface area contributed by atoms with Crippen LogP contribution in [-0.2, 0) is 0 Å². The predicted octanol–water partition coefficient (Wildman–Crippen LogP) is 7.84. The quantitative estimate of drug-likeness (QED) is 0.444. The average Bonchev–Trinajstić information content (AvgIpc) is 2.67. The molecular formula is C27H30. The molecule has 0 radical (unpaired) electrons. The van der Waals surface area contributed by atoms with Gasteiger partial charge in [-0.25, -0.2) is 0 Å². The van der Waals surface area contributed by atoms with Crippen molar-refractivity contribution in [3.63, 3.8) is 0 Å². The summed E-state index contributed by atoms with van der Waals surface area (Å²) in [5.41, 5.74) is 9.25. The van der Waals surface area contributed by atoms with E-state index >= 15 is 0 Å². The topological polar surface area (TPSA) is 0 Å². The number of rotatable bonds is 7. The number of aryl methyl sites for hydroxylation is 1. The lowest BCUT2D eigenvalue weighted by molar-refractivity contribution is 1.14. The minimum absolute atomic E-state index is 0.984. The first kappa shape index (κ1) is 20.5. The van der Waals surface area contributed by atoms with Crippen LogP contribution in [0, 0.1) is 6.92 Å². The second-order valence-electron chi connectivity index (χ2n) is 6.79. The first-order valence-corrected chi connectivity index (χ1v) is 9.53. The Morgan fingerprint density at radius 2 is 1.56 bits per heavy atom. The second-order valence-corrected chi connectivity index (χ2v) is 6.79. The SMILES string of the molecule is C=C(C)/C(C(=C)/C=C/C(=C/C)CC)=C(/c1ccccc1)c1ccccc1C. The molecule has 0 atom stereocenters. The lowest BCUT2D eigenvalue weighted by Gasteiger charge is -2.19. The predicted molar refractivity (Wildman–Crippen MR) is 121 cm³/mol. The van der Waals surface area contributed by atoms with Crippen molar-refractivity contribution in [1.29, 1.82) is 0 Å². The molecule has 0 heteroatoms. The minimum Gasteiger partial charge on any atom is -0.0955 e. The third-order valence-electron chi connectivity index (χ3n) is 4.75. The molecule has 0 unspecified atom stereocenters. The molecule has 0 bridgehead atoms. The zero-order valence-electron chi connectivity index (χ0n) is 17.0. The Morgan fingerprint density at radius 3 is 2.11 bits per heavy atom. The van der Waals surface area contributed by atoms with Crippen LogP contribution in [0.2, 0.25) is 0 Å². The molecule has 0 heterocycles. The summed E-state index contributed by atoms with van der Waals surface area (Å²) < 4.78 is 0. The van der Waals surface area contributed by atoms with Crippen LogP contribution in [0.4, 0.5) is 0 Å². The molecule has 0 aromatic heterocycles. The van der Waals surface area contributed by atoms with Crippen molar-refractivity contribution in [3.05, 3.63) is 125 Å². The number of allylic oxidation sites excluding steroid dienone is 7. The van der Waals surface area contributed by atoms with E-state index in [1.165, 1.54) is 27.8 Å². The van der Waals surface area contributed by atoms with Gasteiger partial charge in [-0.15, -0.1) is 0 Å². The Balaban J connectivity index is 2.74. The fourth-order valence-corrected chi connectivity index (χ4v) is 3.25. The highest BCUT2D eigenvalue weighted by atomic mass is 14.2. The molecule has 0 fully saturated rings. The summed E-state index contributed by atoms with van der Waals surface area (Å²) in [7, 11) is 0. The van der Waals surface area contributed by atoms with E-state index in [0.29, 0.717) is 0 Å². The number of benzene rings is 2. The molecule has 0 nitrogen and oxygen atoms in total. The van der Waals surface area contributed by atoms with Crippen molar-refractivity contribution >= 4 is 5.57 Å². The van der Waals surface area contributed by atoms with Gasteiger partial charge in [0.15, 0.2) is 0 Å². The molecule has 0 saturated carbocycles. The summed E-state index contributed by atoms with van der Waals surface area (Å²) in [6, 6.07) is 19.0. The highest BCUT2D eigenvalue weighted by molar-refractivity contribution is 5.88. The van der Waals surface area contributed by atoms with Gasteiger partial charge in [0, 0.05) is 0 Å². The smallest absolute Gasteiger partial charge is 0.00279 e. The zero-order valence-corrected chi connectivity index (χ0v) is 17.0. The van der Waals surface area contributed by atoms with Gasteiger partial charge in [-0.05, 0) is 66.2 Å². The van der Waals surface area contributed by atoms with Crippen molar-refractivity contribution in [3.8, 4) is 0 Å². The highest BCUT2D eigenvalue weighted by Gasteiger charge is 2.15. The van der Waals surface area contributed by atoms with Crippen LogP contribution >= 0.6 is 0 Å². The largest absolute Gasteiger partial charge is 0.0955 e. The van der Waals surface area contributed by atoms with Crippen LogP contribution in [0.25, 0.3) is 5.57 Å². The van der Waals surface area contributed by atoms with Gasteiger partial charge in [0.1, 0.15) is 0 Å². The van der Waals surface area contributed by atoms with Crippen LogP contribution in [-0.4, -0.2) is 0 Å². The summed E-state index contributed by atoms with van der Waals surface area (Å²) in [6.07, 6.45) is 7.43. The van der Waals surface area contributed by atoms with Crippen LogP contribution in [0.1, 0.15) is 43.9 Å². The lowest BCUT2D eigenvalue weighted by Crippen LogP contribution is -1.99. The Labute approximate surface area is 165 Å². The summed E-state index contributed by atoms with van der Waals surface area (Å²) >= 11 is 0. The molecule has 0 saturated heterocycles. The molecule has 2 aromatic rings. The molecule has 0 spiro atoms. The van der Waals surface area contributed by atoms with E-state index < -0.39 is 0 Å². The maximum Gasteiger partial charge on any atom is -0.00279 e. The van der Waals surface area contributed by atoms with Crippen molar-refractivity contribution in [1.82, 2.24) is 0 Å². The maximum atomic E-state index is 4.39. The summed E-state index contributed by atoms with van der Waals surface area (Å²) in [5, 5.41) is 0. The Bertz CT molecular complexity index is 902. The van der Waals surface area contributed by atoms with E-state index in [1.54, 1.807) is 0 Å². The van der Waals surface area contributed by atoms with Gasteiger partial charge in [0.05, 0.1) is 0 Å². The van der Waals surface area contributed by atoms with Gasteiger partial charge in [-0.1, -0.05) is 98.5 Å². The van der Waals surface area contributed by atoms with Crippen molar-refractivity contribution < 1.29 is 0 Å². The molecule has 0 N–H and O–H groups in total. The fourth-order valence-electron chi connectivity index (χ4n) is 3.25. The van der Waals surface area contributed by atoms with Crippen molar-refractivity contribution in [2.45, 2.75) is 34.1 Å². The number of hydrogen-bond donors (Lipinski definition) is 0. The van der Waals surface area contributed by atoms with Gasteiger partial charge in [-0.3, -0.25) is 0 Å². The van der Waals surface area contributed by atoms with Crippen molar-refractivity contribution in [2.24, 2.45) is 0 Å². The van der Waals surface area contributed by atoms with Crippen LogP contribution in [0.5, 0.6) is 0 Å². The summed E-state index contributed by atoms with van der Waals surface area (Å²) in [6.45, 7) is 17.1. The monoisotopic (exact) mass is 354 g/mol. The van der Waals surface area contributed by atoms with E-state index in [9.17, 15) is 0 Å². The molecular weight excluding hydrogens is 324 g/mol. The molecule has 0 aliphatic rings. The first-order chi connectivity index (χ1) is 13.0. The normalized spacial score (nSPS) is 12.8. The van der Waals surface area contributed by atoms with Crippen LogP contribution < -0.4 is 0 Å². The zero-order chi connectivity index (χ0) is 19.8. The minimum atomic E-state index is 0.984. The van der Waals surface area contributed by atoms with E-state index in [2.05, 4.69) is 108 Å². The van der Waals surface area contributed by atoms with E-state index in [1.807, 2.05) is 6.07 Å². The third kappa shape index (κ3) is 5.08. The van der Waals surface area contributed by atoms with E-state index in [0.717, 1.165) is 23.1 Å². The number of hydrogen-bond acceptors (Lipinski definition) is 0. The van der Waals surface area contributed by atoms with Crippen LogP contribution in [0.15, 0.2) is 108 Å². The standard InChI is InChI=1S/C27H30/c1-7-23(8-2)19-18-22(6)26(20(3)4)27(24-15-10-9-11-16-24)25-17-13-12-14-21(25)5/h7,9-19H,3,6,8H2,1-2,4-5H3/b19-18+,23-7+,27-26+. The van der Waals surface area contributed by atoms with E-state index in [4.69, 9.17) is 0 Å². The molecule has 0 amide bonds. The Kier molecular flexibility index (Phi) is 7.37. The molecule has 2 aromatic carbocycles. The Morgan fingerprint density at radius 1 is 0.926 bits per heavy atom. The summed E-state index contributed by atoms with van der Waals surface area (Å²) in [4.78, 5) is 0. The fraction of sp³-hybridized carbons (Fsp3) is 0.185. The molecule has 138 valence electrons. The molecule has 0 aliphatic carbocycles. The lowest BCUT2D eigenvalue weighted by atomic mass is 9.85. The average molecular weight is 355 g/mol. The Hall–Kier alpha value is -2.86. The van der Waals surface area contributed by atoms with Gasteiger partial charge in [-0.2, -0.15) is 0 Å². The molecule has 27 heavy (non-hydrogen) atoms. The molecule has 2 rings (SSSR count). The second kappa shape index (κ2) is 9.73. The maximum absolute atomic E-state index is 4.39. The van der Waals surface area contributed by atoms with Gasteiger partial charge in [0.25, 0.3) is 0 Å². The van der Waals surface area contributed by atoms with Crippen LogP contribution in [0.3, 0.4) is 0 Å². The highest BCUT2D eigenvalue weighted by Crippen LogP contribution is 2.35. The van der Waals surface area contributed by atoms with Gasteiger partial charge >= 0.3 is 0 Å². The molecule has 0 aliphatic heterocycles. The summed E-state index contributed by atoms with van der Waals surface area (Å²) in [5.74, 6) is 0. The third-order valence-corrected chi connectivity index (χ3v) is 4.75. The first-order valence-electron chi connectivity index (χ1n) is 9.53. The van der Waals surface area contributed by atoms with Gasteiger partial charge < -0.3 is 0 Å². The van der Waals surface area contributed by atoms with Crippen molar-refractivity contribution in [2.75, 3.05) is 0 Å². The van der Waals surface area contributed by atoms with Gasteiger partial charge in [0.2, 0.25) is 0 Å².